The molecule has 0 aliphatic carbocycles. The molecule has 21 heavy (non-hydrogen) atoms. The predicted octanol–water partition coefficient (Wildman–Crippen LogP) is 2.42. The second kappa shape index (κ2) is 4.83. The quantitative estimate of drug-likeness (QED) is 0.843. The molecule has 0 amide bonds. The average molecular weight is 282 g/mol. The van der Waals surface area contributed by atoms with Crippen molar-refractivity contribution in [2.45, 2.75) is 18.4 Å². The SMILES string of the molecule is O[C@]1(C2CCNCC2)c2ccccc2Oc2ncccc21. The van der Waals surface area contributed by atoms with E-state index in [0.29, 0.717) is 11.6 Å². The summed E-state index contributed by atoms with van der Waals surface area (Å²) in [6, 6.07) is 11.5. The Morgan fingerprint density at radius 1 is 1.10 bits per heavy atom. The molecule has 4 rings (SSSR count). The number of hydrogen-bond donors (Lipinski definition) is 2. The van der Waals surface area contributed by atoms with Crippen LogP contribution in [0.15, 0.2) is 42.6 Å². The summed E-state index contributed by atoms with van der Waals surface area (Å²) in [6.45, 7) is 1.87. The molecule has 1 atom stereocenters. The first-order valence-corrected chi connectivity index (χ1v) is 7.46. The molecule has 4 heteroatoms. The highest BCUT2D eigenvalue weighted by atomic mass is 16.5. The minimum absolute atomic E-state index is 0.173. The van der Waals surface area contributed by atoms with Crippen LogP contribution in [-0.2, 0) is 5.60 Å². The van der Waals surface area contributed by atoms with Crippen molar-refractivity contribution in [3.63, 3.8) is 0 Å². The van der Waals surface area contributed by atoms with Crippen LogP contribution in [0.2, 0.25) is 0 Å². The van der Waals surface area contributed by atoms with Gasteiger partial charge in [-0.3, -0.25) is 0 Å². The standard InChI is InChI=1S/C17H18N2O2/c20-17(12-7-10-18-11-8-12)13-4-1-2-6-15(13)21-16-14(17)5-3-9-19-16/h1-6,9,12,18,20H,7-8,10-11H2/t17-/m1/s1. The number of hydrogen-bond acceptors (Lipinski definition) is 4. The van der Waals surface area contributed by atoms with Gasteiger partial charge in [-0.05, 0) is 50.0 Å². The van der Waals surface area contributed by atoms with Crippen LogP contribution in [0.3, 0.4) is 0 Å². The maximum Gasteiger partial charge on any atom is 0.225 e. The fourth-order valence-corrected chi connectivity index (χ4v) is 3.56. The monoisotopic (exact) mass is 282 g/mol. The van der Waals surface area contributed by atoms with E-state index in [1.807, 2.05) is 36.4 Å². The van der Waals surface area contributed by atoms with Gasteiger partial charge in [-0.15, -0.1) is 0 Å². The third-order valence-corrected chi connectivity index (χ3v) is 4.62. The molecule has 2 aliphatic rings. The molecule has 2 aliphatic heterocycles. The molecule has 0 bridgehead atoms. The zero-order chi connectivity index (χ0) is 14.3. The first-order valence-electron chi connectivity index (χ1n) is 7.46. The van der Waals surface area contributed by atoms with Crippen LogP contribution >= 0.6 is 0 Å². The van der Waals surface area contributed by atoms with E-state index in [4.69, 9.17) is 4.74 Å². The fourth-order valence-electron chi connectivity index (χ4n) is 3.56. The highest BCUT2D eigenvalue weighted by Gasteiger charge is 2.47. The lowest BCUT2D eigenvalue weighted by molar-refractivity contribution is -0.00613. The summed E-state index contributed by atoms with van der Waals surface area (Å²) < 4.78 is 5.88. The highest BCUT2D eigenvalue weighted by molar-refractivity contribution is 5.53. The van der Waals surface area contributed by atoms with Crippen LogP contribution in [-0.4, -0.2) is 23.2 Å². The van der Waals surface area contributed by atoms with Gasteiger partial charge in [0.1, 0.15) is 11.4 Å². The molecule has 0 radical (unpaired) electrons. The van der Waals surface area contributed by atoms with Crippen molar-refractivity contribution in [2.24, 2.45) is 5.92 Å². The van der Waals surface area contributed by atoms with Crippen molar-refractivity contribution >= 4 is 0 Å². The minimum Gasteiger partial charge on any atom is -0.438 e. The van der Waals surface area contributed by atoms with Crippen LogP contribution in [0.5, 0.6) is 11.6 Å². The second-order valence-corrected chi connectivity index (χ2v) is 5.74. The first kappa shape index (κ1) is 12.8. The molecule has 1 aromatic heterocycles. The van der Waals surface area contributed by atoms with E-state index in [9.17, 15) is 5.11 Å². The number of pyridine rings is 1. The largest absolute Gasteiger partial charge is 0.438 e. The minimum atomic E-state index is -1.01. The Hall–Kier alpha value is -1.91. The van der Waals surface area contributed by atoms with Crippen molar-refractivity contribution in [2.75, 3.05) is 13.1 Å². The van der Waals surface area contributed by atoms with Crippen molar-refractivity contribution in [3.05, 3.63) is 53.7 Å². The van der Waals surface area contributed by atoms with Gasteiger partial charge in [-0.25, -0.2) is 4.98 Å². The third-order valence-electron chi connectivity index (χ3n) is 4.62. The van der Waals surface area contributed by atoms with Crippen LogP contribution in [0.4, 0.5) is 0 Å². The van der Waals surface area contributed by atoms with Crippen LogP contribution in [0.1, 0.15) is 24.0 Å². The Labute approximate surface area is 123 Å². The Bertz CT molecular complexity index is 620. The number of rotatable bonds is 1. The topological polar surface area (TPSA) is 54.4 Å². The van der Waals surface area contributed by atoms with Gasteiger partial charge in [0, 0.05) is 11.8 Å². The van der Waals surface area contributed by atoms with Gasteiger partial charge in [0.15, 0.2) is 0 Å². The predicted molar refractivity (Wildman–Crippen MR) is 79.3 cm³/mol. The molecule has 1 saturated heterocycles. The maximum atomic E-state index is 11.7. The summed E-state index contributed by atoms with van der Waals surface area (Å²) >= 11 is 0. The summed E-state index contributed by atoms with van der Waals surface area (Å²) in [7, 11) is 0. The molecular formula is C17H18N2O2. The highest BCUT2D eigenvalue weighted by Crippen LogP contribution is 2.51. The Morgan fingerprint density at radius 2 is 1.86 bits per heavy atom. The number of ether oxygens (including phenoxy) is 1. The Balaban J connectivity index is 1.92. The second-order valence-electron chi connectivity index (χ2n) is 5.74. The molecule has 0 spiro atoms. The molecule has 0 saturated carbocycles. The van der Waals surface area contributed by atoms with Crippen molar-refractivity contribution < 1.29 is 9.84 Å². The van der Waals surface area contributed by atoms with E-state index in [0.717, 1.165) is 37.1 Å². The Kier molecular flexibility index (Phi) is 2.94. The van der Waals surface area contributed by atoms with Gasteiger partial charge >= 0.3 is 0 Å². The number of aliphatic hydroxyl groups is 1. The van der Waals surface area contributed by atoms with Crippen LogP contribution in [0.25, 0.3) is 0 Å². The van der Waals surface area contributed by atoms with Gasteiger partial charge in [0.2, 0.25) is 5.88 Å². The number of fused-ring (bicyclic) bond motifs is 2. The lowest BCUT2D eigenvalue weighted by Crippen LogP contribution is -2.44. The van der Waals surface area contributed by atoms with Gasteiger partial charge in [0.25, 0.3) is 0 Å². The zero-order valence-electron chi connectivity index (χ0n) is 11.7. The average Bonchev–Trinajstić information content (AvgIpc) is 2.56. The first-order chi connectivity index (χ1) is 10.3. The lowest BCUT2D eigenvalue weighted by Gasteiger charge is -2.42. The number of para-hydroxylation sites is 1. The van der Waals surface area contributed by atoms with E-state index in [2.05, 4.69) is 10.3 Å². The summed E-state index contributed by atoms with van der Waals surface area (Å²) in [6.07, 6.45) is 3.59. The normalized spacial score (nSPS) is 24.8. The van der Waals surface area contributed by atoms with E-state index < -0.39 is 5.60 Å². The summed E-state index contributed by atoms with van der Waals surface area (Å²) in [5, 5.41) is 15.0. The third kappa shape index (κ3) is 1.87. The fraction of sp³-hybridized carbons (Fsp3) is 0.353. The van der Waals surface area contributed by atoms with E-state index in [-0.39, 0.29) is 5.92 Å². The zero-order valence-corrected chi connectivity index (χ0v) is 11.7. The summed E-state index contributed by atoms with van der Waals surface area (Å²) in [5.41, 5.74) is 0.633. The number of benzene rings is 1. The van der Waals surface area contributed by atoms with Crippen molar-refractivity contribution in [3.8, 4) is 11.6 Å². The number of piperidine rings is 1. The maximum absolute atomic E-state index is 11.7. The Morgan fingerprint density at radius 3 is 2.71 bits per heavy atom. The van der Waals surface area contributed by atoms with Gasteiger partial charge < -0.3 is 15.2 Å². The molecule has 108 valence electrons. The van der Waals surface area contributed by atoms with Crippen molar-refractivity contribution in [1.82, 2.24) is 10.3 Å². The van der Waals surface area contributed by atoms with Gasteiger partial charge in [-0.1, -0.05) is 18.2 Å². The van der Waals surface area contributed by atoms with E-state index in [1.54, 1.807) is 6.20 Å². The molecule has 1 fully saturated rings. The van der Waals surface area contributed by atoms with Crippen LogP contribution < -0.4 is 10.1 Å². The summed E-state index contributed by atoms with van der Waals surface area (Å²) in [5.74, 6) is 1.41. The molecule has 1 aromatic carbocycles. The number of nitrogens with zero attached hydrogens (tertiary/aromatic N) is 1. The van der Waals surface area contributed by atoms with Gasteiger partial charge in [-0.2, -0.15) is 0 Å². The molecule has 2 aromatic rings. The molecule has 2 N–H and O–H groups in total. The van der Waals surface area contributed by atoms with Crippen LogP contribution in [0, 0.1) is 5.92 Å². The molecule has 4 nitrogen and oxygen atoms in total. The van der Waals surface area contributed by atoms with E-state index in [1.165, 1.54) is 0 Å². The number of nitrogens with one attached hydrogen (secondary N) is 1. The number of aromatic nitrogens is 1. The van der Waals surface area contributed by atoms with E-state index >= 15 is 0 Å². The van der Waals surface area contributed by atoms with Crippen molar-refractivity contribution in [1.29, 1.82) is 0 Å². The molecule has 0 unspecified atom stereocenters. The molecular weight excluding hydrogens is 264 g/mol. The van der Waals surface area contributed by atoms with Gasteiger partial charge in [0.05, 0.1) is 5.56 Å². The summed E-state index contributed by atoms with van der Waals surface area (Å²) in [4.78, 5) is 4.31. The smallest absolute Gasteiger partial charge is 0.225 e. The lowest BCUT2D eigenvalue weighted by atomic mass is 9.71. The molecule has 3 heterocycles.